The number of benzene rings is 3. The number of aryl methyl sites for hydroxylation is 1. The molecule has 3 heterocycles. The monoisotopic (exact) mass is 558 g/mol. The third-order valence-corrected chi connectivity index (χ3v) is 7.06. The lowest BCUT2D eigenvalue weighted by Gasteiger charge is -2.16. The molecule has 1 N–H and O–H groups in total. The van der Waals surface area contributed by atoms with E-state index in [1.807, 2.05) is 0 Å². The largest absolute Gasteiger partial charge is 0.481 e. The van der Waals surface area contributed by atoms with Gasteiger partial charge in [0.05, 0.1) is 22.3 Å². The van der Waals surface area contributed by atoms with E-state index in [1.165, 1.54) is 47.0 Å². The van der Waals surface area contributed by atoms with Crippen LogP contribution in [0.25, 0.3) is 27.7 Å². The summed E-state index contributed by atoms with van der Waals surface area (Å²) in [6.45, 7) is 1.78. The molecule has 0 radical (unpaired) electrons. The van der Waals surface area contributed by atoms with Gasteiger partial charge in [0.25, 0.3) is 5.56 Å². The van der Waals surface area contributed by atoms with Crippen molar-refractivity contribution in [3.63, 3.8) is 0 Å². The first-order valence-corrected chi connectivity index (χ1v) is 13.1. The maximum Gasteiger partial charge on any atom is 0.303 e. The van der Waals surface area contributed by atoms with E-state index in [-0.39, 0.29) is 17.9 Å². The number of hydrogen-bond donors (Lipinski definition) is 1. The van der Waals surface area contributed by atoms with Crippen LogP contribution in [0, 0.1) is 11.6 Å². The van der Waals surface area contributed by atoms with E-state index in [9.17, 15) is 18.4 Å². The van der Waals surface area contributed by atoms with Crippen LogP contribution in [0.5, 0.6) is 0 Å². The number of carboxylic acids is 1. The number of aromatic nitrogens is 3. The molecule has 41 heavy (non-hydrogen) atoms. The fraction of sp³-hybridized carbons (Fsp3) is 0.233. The van der Waals surface area contributed by atoms with Crippen molar-refractivity contribution >= 4 is 33.7 Å². The number of oxazole rings is 1. The Bertz CT molecular complexity index is 1900. The van der Waals surface area contributed by atoms with Gasteiger partial charge in [-0.05, 0) is 68.3 Å². The number of oxime groups is 1. The highest BCUT2D eigenvalue weighted by molar-refractivity contribution is 6.03. The van der Waals surface area contributed by atoms with E-state index in [4.69, 9.17) is 19.3 Å². The van der Waals surface area contributed by atoms with Gasteiger partial charge >= 0.3 is 5.97 Å². The number of halogens is 2. The first kappa shape index (κ1) is 26.3. The predicted molar refractivity (Wildman–Crippen MR) is 146 cm³/mol. The summed E-state index contributed by atoms with van der Waals surface area (Å²) in [4.78, 5) is 39.5. The van der Waals surface area contributed by atoms with E-state index in [0.29, 0.717) is 70.5 Å². The maximum atomic E-state index is 13.6. The zero-order chi connectivity index (χ0) is 28.7. The molecule has 1 atom stereocenters. The van der Waals surface area contributed by atoms with Crippen LogP contribution >= 0.6 is 0 Å². The minimum atomic E-state index is -1.02. The summed E-state index contributed by atoms with van der Waals surface area (Å²) < 4.78 is 34.5. The highest BCUT2D eigenvalue weighted by atomic mass is 19.1. The predicted octanol–water partition coefficient (Wildman–Crippen LogP) is 5.64. The fourth-order valence-electron chi connectivity index (χ4n) is 4.93. The Morgan fingerprint density at radius 2 is 1.78 bits per heavy atom. The highest BCUT2D eigenvalue weighted by Crippen LogP contribution is 2.37. The summed E-state index contributed by atoms with van der Waals surface area (Å²) in [6.07, 6.45) is 1.58. The summed E-state index contributed by atoms with van der Waals surface area (Å²) in [5.41, 5.74) is 1.65. The minimum Gasteiger partial charge on any atom is -0.481 e. The van der Waals surface area contributed by atoms with Crippen molar-refractivity contribution in [2.24, 2.45) is 5.16 Å². The van der Waals surface area contributed by atoms with E-state index in [0.717, 1.165) is 0 Å². The average Bonchev–Trinajstić information content (AvgIpc) is 3.56. The lowest BCUT2D eigenvalue weighted by molar-refractivity contribution is -0.137. The molecule has 0 saturated heterocycles. The number of nitrogens with zero attached hydrogens (tertiary/aromatic N) is 4. The smallest absolute Gasteiger partial charge is 0.303 e. The number of carbonyl (C=O) groups is 1. The van der Waals surface area contributed by atoms with Crippen molar-refractivity contribution in [2.75, 3.05) is 0 Å². The number of hydrogen-bond acceptors (Lipinski definition) is 7. The molecule has 0 saturated carbocycles. The van der Waals surface area contributed by atoms with Crippen molar-refractivity contribution < 1.29 is 27.9 Å². The Balaban J connectivity index is 1.34. The number of aliphatic carboxylic acids is 1. The lowest BCUT2D eigenvalue weighted by Crippen LogP contribution is -2.24. The lowest BCUT2D eigenvalue weighted by atomic mass is 9.95. The van der Waals surface area contributed by atoms with Gasteiger partial charge in [-0.3, -0.25) is 14.2 Å². The van der Waals surface area contributed by atoms with Crippen LogP contribution in [0.15, 0.2) is 75.0 Å². The molecule has 5 aromatic rings. The SMILES string of the molecule is C[C@@]1(c2nc3cc(F)ccc3o2)CC(c2ccc3c(=O)n(-c4ccc(F)cc4)c(CCCCC(=O)O)nc3c2)=NO1. The number of unbranched alkanes of at least 4 members (excludes halogenated alkanes) is 1. The zero-order valence-electron chi connectivity index (χ0n) is 21.9. The van der Waals surface area contributed by atoms with Gasteiger partial charge in [0, 0.05) is 30.9 Å². The summed E-state index contributed by atoms with van der Waals surface area (Å²) in [7, 11) is 0. The van der Waals surface area contributed by atoms with Gasteiger partial charge in [-0.2, -0.15) is 0 Å². The summed E-state index contributed by atoms with van der Waals surface area (Å²) >= 11 is 0. The molecule has 9 nitrogen and oxygen atoms in total. The quantitative estimate of drug-likeness (QED) is 0.245. The van der Waals surface area contributed by atoms with Gasteiger partial charge in [-0.25, -0.2) is 18.7 Å². The number of carboxylic acid groups (broad SMARTS) is 1. The Labute approximate surface area is 231 Å². The van der Waals surface area contributed by atoms with Crippen LogP contribution < -0.4 is 5.56 Å². The zero-order valence-corrected chi connectivity index (χ0v) is 21.9. The second kappa shape index (κ2) is 10.2. The van der Waals surface area contributed by atoms with Crippen LogP contribution in [-0.2, 0) is 21.7 Å². The highest BCUT2D eigenvalue weighted by Gasteiger charge is 2.41. The van der Waals surface area contributed by atoms with Crippen LogP contribution in [0.1, 0.15) is 49.9 Å². The van der Waals surface area contributed by atoms with Gasteiger partial charge < -0.3 is 14.4 Å². The van der Waals surface area contributed by atoms with Crippen molar-refractivity contribution in [2.45, 2.75) is 44.6 Å². The molecular weight excluding hydrogens is 534 g/mol. The summed E-state index contributed by atoms with van der Waals surface area (Å²) in [5, 5.41) is 13.6. The molecule has 0 unspecified atom stereocenters. The second-order valence-electron chi connectivity index (χ2n) is 10.1. The number of rotatable bonds is 8. The van der Waals surface area contributed by atoms with Crippen molar-refractivity contribution in [3.05, 3.63) is 99.9 Å². The molecule has 3 aromatic carbocycles. The topological polar surface area (TPSA) is 120 Å². The normalized spacial score (nSPS) is 16.7. The first-order valence-electron chi connectivity index (χ1n) is 13.1. The molecule has 6 rings (SSSR count). The van der Waals surface area contributed by atoms with Crippen LogP contribution in [0.4, 0.5) is 8.78 Å². The number of fused-ring (bicyclic) bond motifs is 2. The molecule has 0 spiro atoms. The van der Waals surface area contributed by atoms with E-state index < -0.39 is 23.2 Å². The van der Waals surface area contributed by atoms with Crippen LogP contribution in [0.2, 0.25) is 0 Å². The molecular formula is C30H24F2N4O5. The van der Waals surface area contributed by atoms with Gasteiger partial charge in [0.15, 0.2) is 5.58 Å². The molecule has 0 fully saturated rings. The Hall–Kier alpha value is -4.93. The molecule has 0 amide bonds. The summed E-state index contributed by atoms with van der Waals surface area (Å²) in [5.74, 6) is -1.05. The standard InChI is InChI=1S/C30H24F2N4O5/c1-30(29-34-23-15-19(32)9-13-25(23)40-29)16-24(35-41-30)17-6-12-21-22(14-17)33-26(4-2-3-5-27(37)38)36(28(21)39)20-10-7-18(31)8-11-20/h6-15H,2-5,16H2,1H3,(H,37,38)/t30-/m0/s1. The molecule has 1 aliphatic rings. The average molecular weight is 559 g/mol. The van der Waals surface area contributed by atoms with Gasteiger partial charge in [0.2, 0.25) is 11.5 Å². The van der Waals surface area contributed by atoms with E-state index in [1.54, 1.807) is 25.1 Å². The van der Waals surface area contributed by atoms with Crippen LogP contribution in [-0.4, -0.2) is 31.3 Å². The molecule has 0 bridgehead atoms. The summed E-state index contributed by atoms with van der Waals surface area (Å²) in [6, 6.07) is 14.8. The Morgan fingerprint density at radius 1 is 1.00 bits per heavy atom. The van der Waals surface area contributed by atoms with Crippen LogP contribution in [0.3, 0.4) is 0 Å². The maximum absolute atomic E-state index is 13.6. The molecule has 2 aromatic heterocycles. The molecule has 0 aliphatic carbocycles. The first-order chi connectivity index (χ1) is 19.7. The molecule has 1 aliphatic heterocycles. The third-order valence-electron chi connectivity index (χ3n) is 7.06. The fourth-order valence-corrected chi connectivity index (χ4v) is 4.93. The van der Waals surface area contributed by atoms with Crippen molar-refractivity contribution in [1.82, 2.24) is 14.5 Å². The van der Waals surface area contributed by atoms with Gasteiger partial charge in [-0.15, -0.1) is 0 Å². The molecule has 208 valence electrons. The third kappa shape index (κ3) is 5.06. The minimum absolute atomic E-state index is 0.00608. The molecule has 11 heteroatoms. The van der Waals surface area contributed by atoms with Gasteiger partial charge in [-0.1, -0.05) is 11.2 Å². The van der Waals surface area contributed by atoms with Crippen molar-refractivity contribution in [3.8, 4) is 5.69 Å². The van der Waals surface area contributed by atoms with E-state index in [2.05, 4.69) is 10.1 Å². The second-order valence-corrected chi connectivity index (χ2v) is 10.1. The Kier molecular flexibility index (Phi) is 6.56. The Morgan fingerprint density at radius 3 is 2.56 bits per heavy atom. The van der Waals surface area contributed by atoms with E-state index >= 15 is 0 Å². The van der Waals surface area contributed by atoms with Gasteiger partial charge in [0.1, 0.15) is 23.0 Å². The van der Waals surface area contributed by atoms with Crippen molar-refractivity contribution in [1.29, 1.82) is 0 Å².